The van der Waals surface area contributed by atoms with E-state index >= 15 is 0 Å². The van der Waals surface area contributed by atoms with Gasteiger partial charge in [-0.05, 0) is 35.9 Å². The van der Waals surface area contributed by atoms with Crippen molar-refractivity contribution in [2.75, 3.05) is 12.4 Å². The van der Waals surface area contributed by atoms with Crippen molar-refractivity contribution in [1.29, 1.82) is 0 Å². The molecule has 2 rings (SSSR count). The molecule has 25 heavy (non-hydrogen) atoms. The lowest BCUT2D eigenvalue weighted by Crippen LogP contribution is -2.31. The number of methoxy groups -OCH3 is 1. The lowest BCUT2D eigenvalue weighted by Gasteiger charge is -2.10. The molecule has 2 N–H and O–H groups in total. The van der Waals surface area contributed by atoms with E-state index in [9.17, 15) is 14.4 Å². The Balaban J connectivity index is 2.09. The Morgan fingerprint density at radius 3 is 2.36 bits per heavy atom. The Morgan fingerprint density at radius 2 is 1.76 bits per heavy atom. The van der Waals surface area contributed by atoms with Gasteiger partial charge in [0.15, 0.2) is 0 Å². The van der Waals surface area contributed by atoms with E-state index < -0.39 is 11.7 Å². The zero-order valence-corrected chi connectivity index (χ0v) is 15.3. The average molecular weight is 405 g/mol. The molecule has 0 radical (unpaired) electrons. The zero-order chi connectivity index (χ0) is 18.4. The number of rotatable bonds is 6. The third-order valence-corrected chi connectivity index (χ3v) is 3.85. The summed E-state index contributed by atoms with van der Waals surface area (Å²) in [7, 11) is 1.57. The van der Waals surface area contributed by atoms with Crippen molar-refractivity contribution >= 4 is 39.2 Å². The quantitative estimate of drug-likeness (QED) is 0.572. The molecule has 0 saturated carbocycles. The van der Waals surface area contributed by atoms with Crippen LogP contribution in [-0.4, -0.2) is 24.7 Å². The lowest BCUT2D eigenvalue weighted by atomic mass is 10.1. The van der Waals surface area contributed by atoms with Crippen LogP contribution in [0.2, 0.25) is 0 Å². The number of nitrogens with one attached hydrogen (secondary N) is 2. The van der Waals surface area contributed by atoms with Crippen LogP contribution < -0.4 is 15.4 Å². The predicted octanol–water partition coefficient (Wildman–Crippen LogP) is 2.92. The maximum absolute atomic E-state index is 12.4. The highest BCUT2D eigenvalue weighted by molar-refractivity contribution is 9.10. The normalized spacial score (nSPS) is 10.0. The summed E-state index contributed by atoms with van der Waals surface area (Å²) in [5, 5.41) is 5.13. The molecule has 0 atom stereocenters. The van der Waals surface area contributed by atoms with Crippen molar-refractivity contribution in [3.63, 3.8) is 0 Å². The highest BCUT2D eigenvalue weighted by atomic mass is 79.9. The second kappa shape index (κ2) is 8.43. The minimum absolute atomic E-state index is 0.122. The number of carbonyl (C=O) groups is 3. The molecule has 0 fully saturated rings. The number of anilines is 1. The van der Waals surface area contributed by atoms with Crippen molar-refractivity contribution in [2.24, 2.45) is 0 Å². The highest BCUT2D eigenvalue weighted by Crippen LogP contribution is 2.22. The number of hydrogen-bond donors (Lipinski definition) is 2. The highest BCUT2D eigenvalue weighted by Gasteiger charge is 2.20. The van der Waals surface area contributed by atoms with Gasteiger partial charge in [-0.25, -0.2) is 0 Å². The van der Waals surface area contributed by atoms with Gasteiger partial charge in [-0.1, -0.05) is 28.1 Å². The summed E-state index contributed by atoms with van der Waals surface area (Å²) < 4.78 is 5.70. The van der Waals surface area contributed by atoms with Crippen molar-refractivity contribution < 1.29 is 19.1 Å². The number of amides is 2. The minimum atomic E-state index is -0.750. The minimum Gasteiger partial charge on any atom is -0.497 e. The molecule has 0 aromatic heterocycles. The van der Waals surface area contributed by atoms with Crippen LogP contribution in [-0.2, 0) is 16.1 Å². The van der Waals surface area contributed by atoms with E-state index in [2.05, 4.69) is 26.6 Å². The first kappa shape index (κ1) is 18.7. The summed E-state index contributed by atoms with van der Waals surface area (Å²) in [6, 6.07) is 11.9. The van der Waals surface area contributed by atoms with Gasteiger partial charge in [0.1, 0.15) is 5.75 Å². The van der Waals surface area contributed by atoms with E-state index in [0.29, 0.717) is 15.9 Å². The van der Waals surface area contributed by atoms with Gasteiger partial charge in [0, 0.05) is 17.9 Å². The third-order valence-electron chi connectivity index (χ3n) is 3.36. The number of benzene rings is 2. The molecule has 0 bridgehead atoms. The second-order valence-electron chi connectivity index (χ2n) is 5.23. The summed E-state index contributed by atoms with van der Waals surface area (Å²) in [6.45, 7) is 1.54. The van der Waals surface area contributed by atoms with Crippen molar-refractivity contribution in [3.05, 3.63) is 58.1 Å². The SMILES string of the molecule is COc1ccc(CNC(=O)C(=O)c2cc(Br)ccc2NC(C)=O)cc1. The van der Waals surface area contributed by atoms with E-state index in [-0.39, 0.29) is 18.0 Å². The van der Waals surface area contributed by atoms with Crippen LogP contribution in [0.15, 0.2) is 46.9 Å². The van der Waals surface area contributed by atoms with Crippen LogP contribution in [0, 0.1) is 0 Å². The molecule has 2 aromatic rings. The van der Waals surface area contributed by atoms with E-state index in [0.717, 1.165) is 5.56 Å². The smallest absolute Gasteiger partial charge is 0.292 e. The molecule has 0 aliphatic carbocycles. The fourth-order valence-electron chi connectivity index (χ4n) is 2.13. The first-order valence-corrected chi connectivity index (χ1v) is 8.22. The van der Waals surface area contributed by atoms with Gasteiger partial charge in [0.25, 0.3) is 11.7 Å². The van der Waals surface area contributed by atoms with Gasteiger partial charge in [0.2, 0.25) is 5.91 Å². The van der Waals surface area contributed by atoms with Gasteiger partial charge >= 0.3 is 0 Å². The summed E-state index contributed by atoms with van der Waals surface area (Å²) in [5.41, 5.74) is 1.25. The maximum Gasteiger partial charge on any atom is 0.292 e. The number of ketones is 1. The third kappa shape index (κ3) is 5.15. The van der Waals surface area contributed by atoms with Crippen molar-refractivity contribution in [1.82, 2.24) is 5.32 Å². The zero-order valence-electron chi connectivity index (χ0n) is 13.8. The summed E-state index contributed by atoms with van der Waals surface area (Å²) >= 11 is 3.26. The first-order valence-electron chi connectivity index (χ1n) is 7.43. The molecule has 2 amide bonds. The Bertz CT molecular complexity index is 803. The monoisotopic (exact) mass is 404 g/mol. The largest absolute Gasteiger partial charge is 0.497 e. The Hall–Kier alpha value is -2.67. The fourth-order valence-corrected chi connectivity index (χ4v) is 2.49. The number of hydrogen-bond acceptors (Lipinski definition) is 4. The second-order valence-corrected chi connectivity index (χ2v) is 6.15. The van der Waals surface area contributed by atoms with Gasteiger partial charge < -0.3 is 15.4 Å². The first-order chi connectivity index (χ1) is 11.9. The fraction of sp³-hybridized carbons (Fsp3) is 0.167. The Labute approximate surface area is 153 Å². The van der Waals surface area contributed by atoms with Gasteiger partial charge in [-0.2, -0.15) is 0 Å². The summed E-state index contributed by atoms with van der Waals surface area (Å²) in [5.74, 6) is -1.09. The number of Topliss-reactive ketones (excluding diaryl/α,β-unsaturated/α-hetero) is 1. The molecule has 7 heteroatoms. The summed E-state index contributed by atoms with van der Waals surface area (Å²) in [4.78, 5) is 35.9. The van der Waals surface area contributed by atoms with Crippen LogP contribution >= 0.6 is 15.9 Å². The summed E-state index contributed by atoms with van der Waals surface area (Å²) in [6.07, 6.45) is 0. The predicted molar refractivity (Wildman–Crippen MR) is 97.6 cm³/mol. The van der Waals surface area contributed by atoms with Gasteiger partial charge in [-0.15, -0.1) is 0 Å². The molecule has 0 aliphatic rings. The Morgan fingerprint density at radius 1 is 1.08 bits per heavy atom. The molecule has 0 aliphatic heterocycles. The molecule has 2 aromatic carbocycles. The topological polar surface area (TPSA) is 84.5 Å². The van der Waals surface area contributed by atoms with Crippen molar-refractivity contribution in [2.45, 2.75) is 13.5 Å². The van der Waals surface area contributed by atoms with E-state index in [4.69, 9.17) is 4.74 Å². The van der Waals surface area contributed by atoms with Gasteiger partial charge in [-0.3, -0.25) is 14.4 Å². The molecule has 0 saturated heterocycles. The maximum atomic E-state index is 12.4. The Kier molecular flexibility index (Phi) is 6.30. The number of carbonyl (C=O) groups excluding carboxylic acids is 3. The van der Waals surface area contributed by atoms with E-state index in [1.54, 1.807) is 43.5 Å². The van der Waals surface area contributed by atoms with Crippen LogP contribution in [0.4, 0.5) is 5.69 Å². The molecule has 0 unspecified atom stereocenters. The molecule has 0 spiro atoms. The van der Waals surface area contributed by atoms with E-state index in [1.807, 2.05) is 0 Å². The molecule has 6 nitrogen and oxygen atoms in total. The van der Waals surface area contributed by atoms with Crippen LogP contribution in [0.25, 0.3) is 0 Å². The molecule has 130 valence electrons. The van der Waals surface area contributed by atoms with Crippen molar-refractivity contribution in [3.8, 4) is 5.75 Å². The van der Waals surface area contributed by atoms with Gasteiger partial charge in [0.05, 0.1) is 18.4 Å². The van der Waals surface area contributed by atoms with E-state index in [1.165, 1.54) is 13.0 Å². The molecule has 0 heterocycles. The average Bonchev–Trinajstić information content (AvgIpc) is 2.60. The molecular weight excluding hydrogens is 388 g/mol. The number of ether oxygens (including phenoxy) is 1. The van der Waals surface area contributed by atoms with Crippen LogP contribution in [0.5, 0.6) is 5.75 Å². The standard InChI is InChI=1S/C18H17BrN2O4/c1-11(22)21-16-8-5-13(19)9-15(16)17(23)18(24)20-10-12-3-6-14(25-2)7-4-12/h3-9H,10H2,1-2H3,(H,20,24)(H,21,22). The van der Waals surface area contributed by atoms with Crippen LogP contribution in [0.1, 0.15) is 22.8 Å². The molecular formula is C18H17BrN2O4. The van der Waals surface area contributed by atoms with Crippen LogP contribution in [0.3, 0.4) is 0 Å². The number of halogens is 1. The lowest BCUT2D eigenvalue weighted by molar-refractivity contribution is -0.117.